The number of ether oxygens (including phenoxy) is 1. The molecule has 8 nitrogen and oxygen atoms in total. The van der Waals surface area contributed by atoms with Crippen LogP contribution in [0.4, 0.5) is 4.79 Å². The lowest BCUT2D eigenvalue weighted by atomic mass is 9.86. The van der Waals surface area contributed by atoms with Crippen molar-refractivity contribution in [3.05, 3.63) is 29.8 Å². The molecule has 2 aliphatic rings. The fraction of sp³-hybridized carbons (Fsp3) is 0.550. The Bertz CT molecular complexity index is 727. The number of phenols is 1. The fourth-order valence-electron chi connectivity index (χ4n) is 4.17. The summed E-state index contributed by atoms with van der Waals surface area (Å²) in [5.41, 5.74) is 0.866. The summed E-state index contributed by atoms with van der Waals surface area (Å²) in [6.07, 6.45) is 2.39. The van der Waals surface area contributed by atoms with Crippen LogP contribution in [0.25, 0.3) is 0 Å². The molecule has 28 heavy (non-hydrogen) atoms. The van der Waals surface area contributed by atoms with Gasteiger partial charge >= 0.3 is 18.0 Å². The molecule has 3 N–H and O–H groups in total. The Morgan fingerprint density at radius 3 is 2.29 bits per heavy atom. The number of aromatic hydroxyl groups is 1. The van der Waals surface area contributed by atoms with Gasteiger partial charge in [0.05, 0.1) is 18.9 Å². The number of carboxylic acid groups (broad SMARTS) is 1. The molecule has 1 heterocycles. The number of methoxy groups -OCH3 is 1. The number of aliphatic carboxylic acids is 1. The highest BCUT2D eigenvalue weighted by molar-refractivity contribution is 5.79. The Labute approximate surface area is 163 Å². The minimum atomic E-state index is -0.776. The summed E-state index contributed by atoms with van der Waals surface area (Å²) in [5, 5.41) is 21.6. The molecule has 0 aromatic heterocycles. The van der Waals surface area contributed by atoms with E-state index in [1.54, 1.807) is 29.2 Å². The van der Waals surface area contributed by atoms with Gasteiger partial charge < -0.3 is 25.2 Å². The average molecular weight is 390 g/mol. The number of rotatable bonds is 4. The third kappa shape index (κ3) is 4.37. The molecule has 0 radical (unpaired) electrons. The summed E-state index contributed by atoms with van der Waals surface area (Å²) < 4.78 is 4.92. The van der Waals surface area contributed by atoms with Crippen LogP contribution in [0.15, 0.2) is 24.3 Å². The molecule has 1 aliphatic heterocycles. The lowest BCUT2D eigenvalue weighted by Crippen LogP contribution is -2.45. The van der Waals surface area contributed by atoms with E-state index in [1.165, 1.54) is 7.11 Å². The molecule has 1 saturated carbocycles. The molecule has 2 atom stereocenters. The van der Waals surface area contributed by atoms with Crippen LogP contribution < -0.4 is 5.32 Å². The maximum Gasteiger partial charge on any atom is 0.317 e. The Kier molecular flexibility index (Phi) is 6.06. The topological polar surface area (TPSA) is 116 Å². The molecule has 2 fully saturated rings. The maximum atomic E-state index is 12.7. The summed E-state index contributed by atoms with van der Waals surface area (Å²) in [7, 11) is 1.33. The Balaban J connectivity index is 1.64. The van der Waals surface area contributed by atoms with Crippen LogP contribution in [0.3, 0.4) is 0 Å². The molecule has 1 aromatic rings. The van der Waals surface area contributed by atoms with Gasteiger partial charge in [-0.15, -0.1) is 0 Å². The molecule has 1 saturated heterocycles. The van der Waals surface area contributed by atoms with Gasteiger partial charge in [-0.25, -0.2) is 4.79 Å². The van der Waals surface area contributed by atoms with Crippen molar-refractivity contribution < 1.29 is 29.3 Å². The van der Waals surface area contributed by atoms with Crippen molar-refractivity contribution in [2.45, 2.75) is 37.6 Å². The number of urea groups is 1. The zero-order valence-corrected chi connectivity index (χ0v) is 15.8. The second-order valence-corrected chi connectivity index (χ2v) is 7.57. The first-order valence-electron chi connectivity index (χ1n) is 9.54. The van der Waals surface area contributed by atoms with E-state index in [9.17, 15) is 19.5 Å². The van der Waals surface area contributed by atoms with Crippen molar-refractivity contribution >= 4 is 18.0 Å². The van der Waals surface area contributed by atoms with Crippen LogP contribution in [0.1, 0.15) is 37.2 Å². The molecule has 2 amide bonds. The summed E-state index contributed by atoms with van der Waals surface area (Å²) in [6.45, 7) is 0.634. The standard InChI is InChI=1S/C20H26N2O6/c1-28-19(26)17-11-22(10-16(17)12-4-8-15(23)9-5-12)20(27)21-14-6-2-13(3-7-14)18(24)25/h4-5,8-9,13-14,16-17,23H,2-3,6-7,10-11H2,1H3,(H,21,27)(H,24,25)/t13?,14?,16-,17+/m0/s1. The van der Waals surface area contributed by atoms with Crippen LogP contribution in [0, 0.1) is 11.8 Å². The SMILES string of the molecule is COC(=O)[C@@H]1CN(C(=O)NC2CCC(C(=O)O)CC2)C[C@H]1c1ccc(O)cc1. The molecular formula is C20H26N2O6. The molecule has 1 aliphatic carbocycles. The van der Waals surface area contributed by atoms with Crippen molar-refractivity contribution in [1.29, 1.82) is 0 Å². The van der Waals surface area contributed by atoms with E-state index in [2.05, 4.69) is 5.32 Å². The summed E-state index contributed by atoms with van der Waals surface area (Å²) in [5.74, 6) is -2.01. The molecule has 1 aromatic carbocycles. The number of phenolic OH excluding ortho intramolecular Hbond substituents is 1. The number of nitrogens with one attached hydrogen (secondary N) is 1. The zero-order chi connectivity index (χ0) is 20.3. The van der Waals surface area contributed by atoms with Crippen molar-refractivity contribution in [3.8, 4) is 5.75 Å². The van der Waals surface area contributed by atoms with Crippen LogP contribution in [0.5, 0.6) is 5.75 Å². The number of carboxylic acids is 1. The van der Waals surface area contributed by atoms with Gasteiger partial charge in [-0.1, -0.05) is 12.1 Å². The number of carbonyl (C=O) groups is 3. The third-order valence-corrected chi connectivity index (χ3v) is 5.84. The smallest absolute Gasteiger partial charge is 0.317 e. The number of nitrogens with zero attached hydrogens (tertiary/aromatic N) is 1. The number of amides is 2. The monoisotopic (exact) mass is 390 g/mol. The van der Waals surface area contributed by atoms with E-state index in [0.717, 1.165) is 5.56 Å². The van der Waals surface area contributed by atoms with Gasteiger partial charge in [-0.05, 0) is 43.4 Å². The summed E-state index contributed by atoms with van der Waals surface area (Å²) in [6, 6.07) is 6.34. The summed E-state index contributed by atoms with van der Waals surface area (Å²) >= 11 is 0. The van der Waals surface area contributed by atoms with Gasteiger partial charge in [-0.2, -0.15) is 0 Å². The Hall–Kier alpha value is -2.77. The normalized spacial score (nSPS) is 27.2. The number of hydrogen-bond donors (Lipinski definition) is 3. The first-order chi connectivity index (χ1) is 13.4. The molecular weight excluding hydrogens is 364 g/mol. The van der Waals surface area contributed by atoms with Crippen LogP contribution in [0.2, 0.25) is 0 Å². The number of hydrogen-bond acceptors (Lipinski definition) is 5. The van der Waals surface area contributed by atoms with Crippen LogP contribution >= 0.6 is 0 Å². The van der Waals surface area contributed by atoms with E-state index in [-0.39, 0.29) is 42.2 Å². The second-order valence-electron chi connectivity index (χ2n) is 7.57. The molecule has 3 rings (SSSR count). The van der Waals surface area contributed by atoms with E-state index in [1.807, 2.05) is 0 Å². The van der Waals surface area contributed by atoms with Crippen LogP contribution in [-0.4, -0.2) is 59.3 Å². The average Bonchev–Trinajstić information content (AvgIpc) is 3.14. The molecule has 0 bridgehead atoms. The van der Waals surface area contributed by atoms with Crippen molar-refractivity contribution in [2.75, 3.05) is 20.2 Å². The van der Waals surface area contributed by atoms with E-state index in [4.69, 9.17) is 9.84 Å². The number of carbonyl (C=O) groups excluding carboxylic acids is 2. The molecule has 8 heteroatoms. The largest absolute Gasteiger partial charge is 0.508 e. The second kappa shape index (κ2) is 8.50. The zero-order valence-electron chi connectivity index (χ0n) is 15.8. The van der Waals surface area contributed by atoms with Crippen LogP contribution in [-0.2, 0) is 14.3 Å². The molecule has 0 spiro atoms. The predicted molar refractivity (Wildman–Crippen MR) is 99.8 cm³/mol. The Morgan fingerprint density at radius 2 is 1.71 bits per heavy atom. The predicted octanol–water partition coefficient (Wildman–Crippen LogP) is 1.93. The quantitative estimate of drug-likeness (QED) is 0.677. The number of esters is 1. The van der Waals surface area contributed by atoms with Gasteiger partial charge in [-0.3, -0.25) is 9.59 Å². The highest BCUT2D eigenvalue weighted by atomic mass is 16.5. The first-order valence-corrected chi connectivity index (χ1v) is 9.54. The van der Waals surface area contributed by atoms with E-state index in [0.29, 0.717) is 32.2 Å². The van der Waals surface area contributed by atoms with Gasteiger partial charge in [0, 0.05) is 25.0 Å². The van der Waals surface area contributed by atoms with E-state index >= 15 is 0 Å². The number of benzene rings is 1. The van der Waals surface area contributed by atoms with Crippen molar-refractivity contribution in [3.63, 3.8) is 0 Å². The highest BCUT2D eigenvalue weighted by Crippen LogP contribution is 2.34. The minimum Gasteiger partial charge on any atom is -0.508 e. The number of likely N-dealkylation sites (tertiary alicyclic amines) is 1. The fourth-order valence-corrected chi connectivity index (χ4v) is 4.17. The van der Waals surface area contributed by atoms with E-state index < -0.39 is 11.9 Å². The summed E-state index contributed by atoms with van der Waals surface area (Å²) in [4.78, 5) is 37.6. The van der Waals surface area contributed by atoms with Crippen molar-refractivity contribution in [1.82, 2.24) is 10.2 Å². The van der Waals surface area contributed by atoms with Gasteiger partial charge in [0.1, 0.15) is 5.75 Å². The maximum absolute atomic E-state index is 12.7. The minimum absolute atomic E-state index is 0.0487. The van der Waals surface area contributed by atoms with Crippen molar-refractivity contribution in [2.24, 2.45) is 11.8 Å². The molecule has 152 valence electrons. The third-order valence-electron chi connectivity index (χ3n) is 5.84. The Morgan fingerprint density at radius 1 is 1.07 bits per heavy atom. The van der Waals surface area contributed by atoms with Gasteiger partial charge in [0.15, 0.2) is 0 Å². The lowest BCUT2D eigenvalue weighted by Gasteiger charge is -2.28. The van der Waals surface area contributed by atoms with Gasteiger partial charge in [0.2, 0.25) is 0 Å². The molecule has 0 unspecified atom stereocenters. The lowest BCUT2D eigenvalue weighted by molar-refractivity contribution is -0.145. The first kappa shape index (κ1) is 20.0. The van der Waals surface area contributed by atoms with Gasteiger partial charge in [0.25, 0.3) is 0 Å². The highest BCUT2D eigenvalue weighted by Gasteiger charge is 2.41.